The monoisotopic (exact) mass is 493 g/mol. The molecule has 1 saturated heterocycles. The molecule has 0 bridgehead atoms. The van der Waals surface area contributed by atoms with Crippen molar-refractivity contribution in [2.75, 3.05) is 4.90 Å². The fourth-order valence-electron chi connectivity index (χ4n) is 4.12. The van der Waals surface area contributed by atoms with E-state index in [0.29, 0.717) is 0 Å². The van der Waals surface area contributed by atoms with Gasteiger partial charge in [0, 0.05) is 0 Å². The van der Waals surface area contributed by atoms with Crippen LogP contribution in [0, 0.1) is 0 Å². The maximum atomic E-state index is 12.3. The van der Waals surface area contributed by atoms with E-state index in [2.05, 4.69) is 71.8 Å². The van der Waals surface area contributed by atoms with E-state index in [1.807, 2.05) is 18.2 Å². The fourth-order valence-corrected chi connectivity index (χ4v) is 7.02. The molecule has 31 heavy (non-hydrogen) atoms. The van der Waals surface area contributed by atoms with Gasteiger partial charge in [-0.2, -0.15) is 0 Å². The first-order chi connectivity index (χ1) is 14.9. The van der Waals surface area contributed by atoms with Crippen LogP contribution < -0.4 is 15.5 Å². The Kier molecular flexibility index (Phi) is 4.70. The maximum absolute atomic E-state index is 12.3. The van der Waals surface area contributed by atoms with Gasteiger partial charge in [0.1, 0.15) is 0 Å². The van der Waals surface area contributed by atoms with Crippen LogP contribution in [-0.4, -0.2) is 31.4 Å². The molecular formula is C24H19N3O2SSe. The predicted octanol–water partition coefficient (Wildman–Crippen LogP) is 3.77. The summed E-state index contributed by atoms with van der Waals surface area (Å²) >= 11 is 4.82. The van der Waals surface area contributed by atoms with Crippen molar-refractivity contribution in [2.24, 2.45) is 0 Å². The second-order valence-electron chi connectivity index (χ2n) is 7.98. The average Bonchev–Trinajstić information content (AvgIpc) is 3.16. The summed E-state index contributed by atoms with van der Waals surface area (Å²) in [4.78, 5) is 27.0. The van der Waals surface area contributed by atoms with E-state index in [-0.39, 0.29) is 30.6 Å². The zero-order chi connectivity index (χ0) is 21.8. The third-order valence-electron chi connectivity index (χ3n) is 5.67. The molecule has 2 aromatic carbocycles. The number of carbonyl (C=O) groups excluding carboxylic acids is 2. The number of para-hydroxylation sites is 2. The third-order valence-corrected chi connectivity index (χ3v) is 8.11. The second kappa shape index (κ2) is 7.31. The summed E-state index contributed by atoms with van der Waals surface area (Å²) in [5.41, 5.74) is 4.62. The van der Waals surface area contributed by atoms with Gasteiger partial charge in [-0.3, -0.25) is 0 Å². The van der Waals surface area contributed by atoms with Crippen molar-refractivity contribution in [3.05, 3.63) is 81.8 Å². The van der Waals surface area contributed by atoms with Crippen LogP contribution in [0.3, 0.4) is 0 Å². The Hall–Kier alpha value is -2.99. The molecule has 3 heterocycles. The van der Waals surface area contributed by atoms with E-state index >= 15 is 0 Å². The van der Waals surface area contributed by atoms with Gasteiger partial charge in [-0.15, -0.1) is 0 Å². The molecule has 0 saturated carbocycles. The number of amides is 2. The van der Waals surface area contributed by atoms with E-state index < -0.39 is 11.8 Å². The van der Waals surface area contributed by atoms with Crippen molar-refractivity contribution in [2.45, 2.75) is 19.3 Å². The second-order valence-corrected chi connectivity index (χ2v) is 10.6. The minimum absolute atomic E-state index is 0.0438. The van der Waals surface area contributed by atoms with Gasteiger partial charge in [-0.05, 0) is 0 Å². The fraction of sp³-hybridized carbons (Fsp3) is 0.125. The average molecular weight is 492 g/mol. The molecule has 2 aliphatic rings. The van der Waals surface area contributed by atoms with Crippen LogP contribution in [0.1, 0.15) is 29.4 Å². The molecule has 2 aliphatic heterocycles. The SMILES string of the molecule is CC1(C)c2ccccc2N(c2ccccc2)c2[se]c(C=C3C(=O)NC(=S)NC3=O)cc21. The van der Waals surface area contributed by atoms with Gasteiger partial charge in [-0.25, -0.2) is 0 Å². The van der Waals surface area contributed by atoms with E-state index in [1.54, 1.807) is 6.08 Å². The number of carbonyl (C=O) groups is 2. The van der Waals surface area contributed by atoms with E-state index in [9.17, 15) is 9.59 Å². The summed E-state index contributed by atoms with van der Waals surface area (Å²) in [6.07, 6.45) is 1.70. The molecule has 154 valence electrons. The number of hydrogen-bond acceptors (Lipinski definition) is 4. The molecule has 7 heteroatoms. The zero-order valence-corrected chi connectivity index (χ0v) is 19.5. The Labute approximate surface area is 191 Å². The number of nitrogens with zero attached hydrogens (tertiary/aromatic N) is 1. The summed E-state index contributed by atoms with van der Waals surface area (Å²) in [6.45, 7) is 4.45. The van der Waals surface area contributed by atoms with E-state index in [0.717, 1.165) is 10.1 Å². The Balaban J connectivity index is 1.69. The Bertz CT molecular complexity index is 1250. The van der Waals surface area contributed by atoms with Gasteiger partial charge in [0.2, 0.25) is 0 Å². The molecule has 5 nitrogen and oxygen atoms in total. The molecule has 0 atom stereocenters. The van der Waals surface area contributed by atoms with Gasteiger partial charge >= 0.3 is 192 Å². The van der Waals surface area contributed by atoms with Crippen molar-refractivity contribution in [1.29, 1.82) is 0 Å². The summed E-state index contributed by atoms with van der Waals surface area (Å²) in [5, 5.41) is 5.06. The van der Waals surface area contributed by atoms with E-state index in [4.69, 9.17) is 12.2 Å². The van der Waals surface area contributed by atoms with Crippen LogP contribution >= 0.6 is 12.2 Å². The van der Waals surface area contributed by atoms with Crippen molar-refractivity contribution >= 4 is 65.7 Å². The Morgan fingerprint density at radius 1 is 0.935 bits per heavy atom. The Morgan fingerprint density at radius 2 is 1.58 bits per heavy atom. The molecule has 3 aromatic rings. The summed E-state index contributed by atoms with van der Waals surface area (Å²) < 4.78 is 2.20. The normalized spacial score (nSPS) is 16.9. The van der Waals surface area contributed by atoms with Crippen LogP contribution in [-0.2, 0) is 15.0 Å². The molecule has 0 aliphatic carbocycles. The van der Waals surface area contributed by atoms with Crippen LogP contribution in [0.5, 0.6) is 0 Å². The van der Waals surface area contributed by atoms with Crippen molar-refractivity contribution in [1.82, 2.24) is 10.6 Å². The quantitative estimate of drug-likeness (QED) is 0.248. The summed E-state index contributed by atoms with van der Waals surface area (Å²) in [6, 6.07) is 20.9. The standard InChI is InChI=1S/C24H19N3O2SSe/c1-24(2)17-10-6-7-11-19(17)27(14-8-4-3-5-9-14)22-18(24)13-15(31-22)12-16-20(28)25-23(30)26-21(16)29/h3-13H,1-2H3,(H2,25,26,28,29,30). The Morgan fingerprint density at radius 3 is 2.29 bits per heavy atom. The molecule has 0 spiro atoms. The van der Waals surface area contributed by atoms with Gasteiger partial charge in [0.05, 0.1) is 0 Å². The number of nitrogens with one attached hydrogen (secondary N) is 2. The van der Waals surface area contributed by atoms with Gasteiger partial charge in [0.15, 0.2) is 0 Å². The molecular weight excluding hydrogens is 473 g/mol. The third kappa shape index (κ3) is 3.26. The number of fused-ring (bicyclic) bond motifs is 2. The molecule has 1 fully saturated rings. The number of anilines is 3. The first-order valence-electron chi connectivity index (χ1n) is 9.83. The number of rotatable bonds is 2. The molecule has 0 unspecified atom stereocenters. The molecule has 1 aromatic heterocycles. The van der Waals surface area contributed by atoms with Crippen molar-refractivity contribution < 1.29 is 9.59 Å². The van der Waals surface area contributed by atoms with Gasteiger partial charge in [-0.1, -0.05) is 0 Å². The number of thiocarbonyl (C=S) groups is 1. The van der Waals surface area contributed by atoms with Crippen LogP contribution in [0.15, 0.2) is 66.2 Å². The molecule has 2 amide bonds. The zero-order valence-electron chi connectivity index (χ0n) is 16.9. The summed E-state index contributed by atoms with van der Waals surface area (Å²) in [7, 11) is 0. The van der Waals surface area contributed by atoms with Gasteiger partial charge in [0.25, 0.3) is 0 Å². The number of benzene rings is 2. The van der Waals surface area contributed by atoms with Crippen LogP contribution in [0.25, 0.3) is 6.08 Å². The van der Waals surface area contributed by atoms with Crippen molar-refractivity contribution in [3.8, 4) is 0 Å². The van der Waals surface area contributed by atoms with Gasteiger partial charge < -0.3 is 0 Å². The topological polar surface area (TPSA) is 61.4 Å². The van der Waals surface area contributed by atoms with E-state index in [1.165, 1.54) is 21.4 Å². The van der Waals surface area contributed by atoms with Crippen LogP contribution in [0.2, 0.25) is 0 Å². The summed E-state index contributed by atoms with van der Waals surface area (Å²) in [5.74, 6) is -0.921. The van der Waals surface area contributed by atoms with Crippen LogP contribution in [0.4, 0.5) is 15.9 Å². The predicted molar refractivity (Wildman–Crippen MR) is 127 cm³/mol. The first kappa shape index (κ1) is 19.9. The molecule has 0 radical (unpaired) electrons. The first-order valence-corrected chi connectivity index (χ1v) is 12.0. The molecule has 5 rings (SSSR count). The number of hydrogen-bond donors (Lipinski definition) is 2. The minimum atomic E-state index is -0.460. The molecule has 2 N–H and O–H groups in total. The van der Waals surface area contributed by atoms with Crippen molar-refractivity contribution in [3.63, 3.8) is 0 Å².